The lowest BCUT2D eigenvalue weighted by atomic mass is 9.90. The van der Waals surface area contributed by atoms with Crippen molar-refractivity contribution in [3.05, 3.63) is 77.1 Å². The van der Waals surface area contributed by atoms with Crippen LogP contribution in [0.5, 0.6) is 5.75 Å². The van der Waals surface area contributed by atoms with Gasteiger partial charge in [-0.15, -0.1) is 5.10 Å². The summed E-state index contributed by atoms with van der Waals surface area (Å²) in [6.45, 7) is 7.41. The Balaban J connectivity index is 1.09. The van der Waals surface area contributed by atoms with Gasteiger partial charge in [0.25, 0.3) is 11.9 Å². The fraction of sp³-hybridized carbons (Fsp3) is 0.375. The van der Waals surface area contributed by atoms with Crippen LogP contribution in [0.3, 0.4) is 0 Å². The molecule has 4 aromatic rings. The lowest BCUT2D eigenvalue weighted by Gasteiger charge is -2.35. The average molecular weight is 582 g/mol. The highest BCUT2D eigenvalue weighted by atomic mass is 16.5. The van der Waals surface area contributed by atoms with Crippen LogP contribution < -0.4 is 15.8 Å². The second-order valence-corrected chi connectivity index (χ2v) is 11.5. The molecule has 6 rings (SSSR count). The van der Waals surface area contributed by atoms with Crippen LogP contribution in [0.25, 0.3) is 17.2 Å². The molecule has 1 aliphatic heterocycles. The second kappa shape index (κ2) is 12.5. The highest BCUT2D eigenvalue weighted by molar-refractivity contribution is 6.07. The number of methoxy groups -OCH3 is 1. The number of anilines is 2. The van der Waals surface area contributed by atoms with Crippen molar-refractivity contribution >= 4 is 17.4 Å². The number of nitrogens with two attached hydrogens (primary N) is 1. The topological polar surface area (TPSA) is 118 Å². The van der Waals surface area contributed by atoms with Gasteiger partial charge in [-0.05, 0) is 74.0 Å². The number of ether oxygens (including phenoxy) is 1. The quantitative estimate of drug-likeness (QED) is 0.308. The van der Waals surface area contributed by atoms with Crippen molar-refractivity contribution < 1.29 is 9.53 Å². The van der Waals surface area contributed by atoms with E-state index >= 15 is 0 Å². The van der Waals surface area contributed by atoms with Gasteiger partial charge >= 0.3 is 0 Å². The molecule has 1 fully saturated rings. The zero-order valence-corrected chi connectivity index (χ0v) is 25.1. The highest BCUT2D eigenvalue weighted by Crippen LogP contribution is 2.34. The van der Waals surface area contributed by atoms with E-state index in [0.29, 0.717) is 11.6 Å². The largest absolute Gasteiger partial charge is 0.497 e. The second-order valence-electron chi connectivity index (χ2n) is 11.5. The van der Waals surface area contributed by atoms with Gasteiger partial charge in [0.1, 0.15) is 11.3 Å². The van der Waals surface area contributed by atoms with E-state index in [2.05, 4.69) is 62.4 Å². The average Bonchev–Trinajstić information content (AvgIpc) is 3.42. The molecule has 1 aliphatic carbocycles. The summed E-state index contributed by atoms with van der Waals surface area (Å²) in [6, 6.07) is 14.0. The first-order valence-electron chi connectivity index (χ1n) is 14.7. The summed E-state index contributed by atoms with van der Waals surface area (Å²) in [5.74, 6) is 0.966. The zero-order chi connectivity index (χ0) is 29.9. The number of piperazine rings is 1. The summed E-state index contributed by atoms with van der Waals surface area (Å²) in [5, 5.41) is 7.31. The molecular formula is C32H39N9O2. The maximum atomic E-state index is 13.2. The summed E-state index contributed by atoms with van der Waals surface area (Å²) >= 11 is 0. The van der Waals surface area contributed by atoms with E-state index in [1.165, 1.54) is 15.8 Å². The summed E-state index contributed by atoms with van der Waals surface area (Å²) in [4.78, 5) is 29.7. The molecule has 0 atom stereocenters. The van der Waals surface area contributed by atoms with E-state index in [4.69, 9.17) is 15.5 Å². The number of fused-ring (bicyclic) bond motifs is 3. The molecule has 0 spiro atoms. The number of aryl methyl sites for hydroxylation is 2. The third-order valence-electron chi connectivity index (χ3n) is 8.22. The molecule has 2 aromatic heterocycles. The van der Waals surface area contributed by atoms with Gasteiger partial charge in [0.05, 0.1) is 12.8 Å². The van der Waals surface area contributed by atoms with Crippen LogP contribution in [0.4, 0.5) is 11.5 Å². The number of likely N-dealkylation sites (N-methyl/N-ethyl adjacent to an activating group) is 1. The summed E-state index contributed by atoms with van der Waals surface area (Å²) in [7, 11) is 5.90. The molecule has 0 saturated carbocycles. The third kappa shape index (κ3) is 6.53. The van der Waals surface area contributed by atoms with Gasteiger partial charge < -0.3 is 20.7 Å². The molecule has 2 aliphatic rings. The molecule has 0 unspecified atom stereocenters. The number of rotatable bonds is 9. The standard InChI is InChI=1S/C32H39N9O2/c1-38(2)12-13-39-14-16-40(17-15-39)20-22-4-8-25(9-5-22)35-31(42)28-21-41(37-30(28)33)32-34-19-24-7-6-23-18-26(43-3)10-11-27(23)29(24)36-32/h4-5,8-11,18-19,21H,6-7,12-17,20H2,1-3H3,(H2,33,37)(H,35,42). The summed E-state index contributed by atoms with van der Waals surface area (Å²) < 4.78 is 6.86. The molecule has 11 nitrogen and oxygen atoms in total. The van der Waals surface area contributed by atoms with Gasteiger partial charge in [0.2, 0.25) is 0 Å². The van der Waals surface area contributed by atoms with E-state index in [-0.39, 0.29) is 17.3 Å². The smallest absolute Gasteiger partial charge is 0.261 e. The third-order valence-corrected chi connectivity index (χ3v) is 8.22. The molecule has 2 aromatic carbocycles. The minimum atomic E-state index is -0.333. The Hall–Kier alpha value is -4.32. The lowest BCUT2D eigenvalue weighted by Crippen LogP contribution is -2.47. The van der Waals surface area contributed by atoms with Crippen LogP contribution in [0, 0.1) is 0 Å². The summed E-state index contributed by atoms with van der Waals surface area (Å²) in [5.41, 5.74) is 12.5. The number of carbonyl (C=O) groups excluding carboxylic acids is 1. The van der Waals surface area contributed by atoms with Crippen molar-refractivity contribution in [2.75, 3.05) is 71.5 Å². The van der Waals surface area contributed by atoms with Gasteiger partial charge in [-0.2, -0.15) is 0 Å². The molecule has 224 valence electrons. The van der Waals surface area contributed by atoms with Gasteiger partial charge in [0.15, 0.2) is 5.82 Å². The van der Waals surface area contributed by atoms with E-state index in [1.807, 2.05) is 30.5 Å². The molecule has 11 heteroatoms. The van der Waals surface area contributed by atoms with Crippen molar-refractivity contribution in [1.82, 2.24) is 34.4 Å². The van der Waals surface area contributed by atoms with Gasteiger partial charge in [-0.1, -0.05) is 12.1 Å². The van der Waals surface area contributed by atoms with E-state index in [1.54, 1.807) is 13.3 Å². The van der Waals surface area contributed by atoms with E-state index < -0.39 is 0 Å². The van der Waals surface area contributed by atoms with Crippen molar-refractivity contribution in [2.24, 2.45) is 0 Å². The maximum absolute atomic E-state index is 13.2. The number of amides is 1. The Kier molecular flexibility index (Phi) is 8.37. The number of hydrogen-bond acceptors (Lipinski definition) is 9. The first-order chi connectivity index (χ1) is 20.9. The molecule has 43 heavy (non-hydrogen) atoms. The molecule has 1 saturated heterocycles. The number of hydrogen-bond donors (Lipinski definition) is 2. The molecular weight excluding hydrogens is 542 g/mol. The van der Waals surface area contributed by atoms with Crippen molar-refractivity contribution in [3.8, 4) is 23.0 Å². The number of benzene rings is 2. The van der Waals surface area contributed by atoms with E-state index in [0.717, 1.165) is 81.2 Å². The number of nitrogens with zero attached hydrogens (tertiary/aromatic N) is 7. The number of nitrogens with one attached hydrogen (secondary N) is 1. The van der Waals surface area contributed by atoms with Gasteiger partial charge in [-0.3, -0.25) is 14.6 Å². The van der Waals surface area contributed by atoms with E-state index in [9.17, 15) is 4.79 Å². The van der Waals surface area contributed by atoms with Crippen molar-refractivity contribution in [1.29, 1.82) is 0 Å². The van der Waals surface area contributed by atoms with Crippen LogP contribution in [0.1, 0.15) is 27.0 Å². The van der Waals surface area contributed by atoms with Crippen LogP contribution >= 0.6 is 0 Å². The predicted molar refractivity (Wildman–Crippen MR) is 168 cm³/mol. The first kappa shape index (κ1) is 28.8. The van der Waals surface area contributed by atoms with Gasteiger partial charge in [-0.25, -0.2) is 14.6 Å². The van der Waals surface area contributed by atoms with Crippen LogP contribution in [-0.2, 0) is 19.4 Å². The Morgan fingerprint density at radius 3 is 2.51 bits per heavy atom. The molecule has 0 bridgehead atoms. The Bertz CT molecular complexity index is 1590. The SMILES string of the molecule is COc1ccc2c(c1)CCc1cnc(-n3cc(C(=O)Nc4ccc(CN5CCN(CCN(C)C)CC5)cc4)c(N)n3)nc1-2. The van der Waals surface area contributed by atoms with Crippen LogP contribution in [0.2, 0.25) is 0 Å². The minimum absolute atomic E-state index is 0.116. The molecule has 1 amide bonds. The normalized spacial score (nSPS) is 15.3. The maximum Gasteiger partial charge on any atom is 0.261 e. The lowest BCUT2D eigenvalue weighted by molar-refractivity contribution is 0.102. The Morgan fingerprint density at radius 1 is 1.02 bits per heavy atom. The number of nitrogen functional groups attached to an aromatic ring is 1. The minimum Gasteiger partial charge on any atom is -0.497 e. The fourth-order valence-corrected chi connectivity index (χ4v) is 5.66. The molecule has 3 heterocycles. The van der Waals surface area contributed by atoms with Crippen LogP contribution in [-0.4, -0.2) is 101 Å². The number of aromatic nitrogens is 4. The predicted octanol–water partition coefficient (Wildman–Crippen LogP) is 2.95. The van der Waals surface area contributed by atoms with Crippen molar-refractivity contribution in [2.45, 2.75) is 19.4 Å². The summed E-state index contributed by atoms with van der Waals surface area (Å²) in [6.07, 6.45) is 5.15. The van der Waals surface area contributed by atoms with Crippen molar-refractivity contribution in [3.63, 3.8) is 0 Å². The molecule has 3 N–H and O–H groups in total. The monoisotopic (exact) mass is 581 g/mol. The number of carbonyl (C=O) groups is 1. The zero-order valence-electron chi connectivity index (χ0n) is 25.1. The highest BCUT2D eigenvalue weighted by Gasteiger charge is 2.22. The fourth-order valence-electron chi connectivity index (χ4n) is 5.66. The Labute approximate surface area is 252 Å². The first-order valence-corrected chi connectivity index (χ1v) is 14.7. The van der Waals surface area contributed by atoms with Gasteiger partial charge in [0, 0.05) is 69.5 Å². The Morgan fingerprint density at radius 2 is 1.77 bits per heavy atom. The molecule has 0 radical (unpaired) electrons. The van der Waals surface area contributed by atoms with Crippen LogP contribution in [0.15, 0.2) is 54.9 Å².